The van der Waals surface area contributed by atoms with Gasteiger partial charge in [-0.3, -0.25) is 9.52 Å². The molecule has 4 aromatic rings. The Balaban J connectivity index is 1.52. The van der Waals surface area contributed by atoms with E-state index in [0.717, 1.165) is 5.56 Å². The van der Waals surface area contributed by atoms with Gasteiger partial charge in [0.2, 0.25) is 0 Å². The molecule has 0 saturated carbocycles. The summed E-state index contributed by atoms with van der Waals surface area (Å²) < 4.78 is 33.6. The number of amides is 1. The summed E-state index contributed by atoms with van der Waals surface area (Å²) >= 11 is 6.32. The van der Waals surface area contributed by atoms with Crippen molar-refractivity contribution in [2.45, 2.75) is 11.8 Å². The first kappa shape index (κ1) is 26.0. The second-order valence-electron chi connectivity index (χ2n) is 7.99. The first-order chi connectivity index (χ1) is 17.9. The Hall–Kier alpha value is -4.07. The Labute approximate surface area is 221 Å². The van der Waals surface area contributed by atoms with Crippen molar-refractivity contribution in [3.63, 3.8) is 0 Å². The average Bonchev–Trinajstić information content (AvgIpc) is 2.90. The summed E-state index contributed by atoms with van der Waals surface area (Å²) in [6.07, 6.45) is 1.73. The first-order valence-corrected chi connectivity index (χ1v) is 13.4. The number of carbonyl (C=O) groups is 1. The van der Waals surface area contributed by atoms with Crippen molar-refractivity contribution in [3.8, 4) is 5.75 Å². The van der Waals surface area contributed by atoms with Crippen molar-refractivity contribution in [2.24, 2.45) is 0 Å². The van der Waals surface area contributed by atoms with E-state index in [2.05, 4.69) is 10.0 Å². The topological polar surface area (TPSA) is 84.5 Å². The van der Waals surface area contributed by atoms with Gasteiger partial charge in [-0.15, -0.1) is 0 Å². The van der Waals surface area contributed by atoms with Crippen molar-refractivity contribution >= 4 is 50.6 Å². The van der Waals surface area contributed by atoms with Crippen LogP contribution < -0.4 is 14.8 Å². The van der Waals surface area contributed by atoms with Gasteiger partial charge in [-0.05, 0) is 78.7 Å². The number of sulfonamides is 1. The zero-order chi connectivity index (χ0) is 26.3. The normalized spacial score (nSPS) is 11.6. The van der Waals surface area contributed by atoms with Gasteiger partial charge < -0.3 is 10.1 Å². The highest BCUT2D eigenvalue weighted by atomic mass is 35.5. The lowest BCUT2D eigenvalue weighted by Gasteiger charge is -2.12. The van der Waals surface area contributed by atoms with Gasteiger partial charge in [-0.2, -0.15) is 0 Å². The molecule has 4 rings (SSSR count). The molecule has 4 aromatic carbocycles. The highest BCUT2D eigenvalue weighted by Crippen LogP contribution is 2.25. The van der Waals surface area contributed by atoms with Gasteiger partial charge in [0.1, 0.15) is 5.75 Å². The lowest BCUT2D eigenvalue weighted by Crippen LogP contribution is -2.15. The van der Waals surface area contributed by atoms with Gasteiger partial charge in [0.25, 0.3) is 15.9 Å². The summed E-state index contributed by atoms with van der Waals surface area (Å²) in [7, 11) is -3.82. The smallest absolute Gasteiger partial charge is 0.261 e. The monoisotopic (exact) mass is 532 g/mol. The number of nitrogens with one attached hydrogen (secondary N) is 2. The molecule has 0 aromatic heterocycles. The van der Waals surface area contributed by atoms with E-state index in [1.807, 2.05) is 55.5 Å². The Bertz CT molecular complexity index is 1500. The van der Waals surface area contributed by atoms with Crippen LogP contribution in [-0.2, 0) is 14.8 Å². The van der Waals surface area contributed by atoms with Gasteiger partial charge >= 0.3 is 0 Å². The molecule has 2 N–H and O–H groups in total. The fraction of sp³-hybridized carbons (Fsp3) is 0.0690. The largest absolute Gasteiger partial charge is 0.494 e. The number of anilines is 2. The zero-order valence-corrected chi connectivity index (χ0v) is 21.6. The first-order valence-electron chi connectivity index (χ1n) is 11.5. The number of hydrogen-bond acceptors (Lipinski definition) is 4. The van der Waals surface area contributed by atoms with E-state index in [1.54, 1.807) is 48.5 Å². The van der Waals surface area contributed by atoms with Crippen LogP contribution in [-0.4, -0.2) is 20.9 Å². The quantitative estimate of drug-likeness (QED) is 0.185. The van der Waals surface area contributed by atoms with Crippen LogP contribution in [0.3, 0.4) is 0 Å². The van der Waals surface area contributed by atoms with Crippen molar-refractivity contribution < 1.29 is 17.9 Å². The Morgan fingerprint density at radius 3 is 2.11 bits per heavy atom. The van der Waals surface area contributed by atoms with Gasteiger partial charge in [-0.1, -0.05) is 60.1 Å². The van der Waals surface area contributed by atoms with E-state index in [4.69, 9.17) is 16.3 Å². The Morgan fingerprint density at radius 2 is 1.46 bits per heavy atom. The van der Waals surface area contributed by atoms with Crippen LogP contribution in [0.25, 0.3) is 11.6 Å². The molecule has 0 spiro atoms. The molecule has 37 heavy (non-hydrogen) atoms. The number of ether oxygens (including phenoxy) is 1. The molecule has 0 bridgehead atoms. The van der Waals surface area contributed by atoms with E-state index in [0.29, 0.717) is 39.9 Å². The molecule has 0 saturated heterocycles. The van der Waals surface area contributed by atoms with Gasteiger partial charge in [-0.25, -0.2) is 8.42 Å². The lowest BCUT2D eigenvalue weighted by molar-refractivity contribution is -0.111. The molecular formula is C29H25ClN2O4S. The molecule has 0 atom stereocenters. The van der Waals surface area contributed by atoms with Crippen LogP contribution in [0.5, 0.6) is 5.75 Å². The standard InChI is InChI=1S/C29H25ClN2O4S/c1-2-36-25-16-12-24(13-17-25)32-37(34,35)26-18-14-23(15-19-26)31-29(33)27(21-8-4-3-5-9-21)20-22-10-6-7-11-28(22)30/h3-20,32H,2H2,1H3,(H,31,33)/b27-20+. The molecule has 0 heterocycles. The predicted molar refractivity (Wildman–Crippen MR) is 149 cm³/mol. The summed E-state index contributed by atoms with van der Waals surface area (Å²) in [6.45, 7) is 2.40. The molecular weight excluding hydrogens is 508 g/mol. The van der Waals surface area contributed by atoms with Crippen molar-refractivity contribution in [1.82, 2.24) is 0 Å². The summed E-state index contributed by atoms with van der Waals surface area (Å²) in [6, 6.07) is 29.1. The average molecular weight is 533 g/mol. The van der Waals surface area contributed by atoms with Crippen molar-refractivity contribution in [3.05, 3.63) is 119 Å². The van der Waals surface area contributed by atoms with Crippen LogP contribution in [0.4, 0.5) is 11.4 Å². The molecule has 0 radical (unpaired) electrons. The number of rotatable bonds is 9. The number of benzene rings is 4. The maximum Gasteiger partial charge on any atom is 0.261 e. The van der Waals surface area contributed by atoms with Gasteiger partial charge in [0.15, 0.2) is 0 Å². The lowest BCUT2D eigenvalue weighted by atomic mass is 10.0. The molecule has 188 valence electrons. The van der Waals surface area contributed by atoms with Gasteiger partial charge in [0, 0.05) is 22.0 Å². The van der Waals surface area contributed by atoms with Crippen molar-refractivity contribution in [2.75, 3.05) is 16.6 Å². The number of halogens is 1. The molecule has 0 aliphatic heterocycles. The highest BCUT2D eigenvalue weighted by molar-refractivity contribution is 7.92. The van der Waals surface area contributed by atoms with E-state index >= 15 is 0 Å². The molecule has 0 aliphatic carbocycles. The maximum atomic E-state index is 13.3. The highest BCUT2D eigenvalue weighted by Gasteiger charge is 2.16. The fourth-order valence-corrected chi connectivity index (χ4v) is 4.81. The van der Waals surface area contributed by atoms with E-state index in [1.165, 1.54) is 12.1 Å². The number of hydrogen-bond donors (Lipinski definition) is 2. The molecule has 0 unspecified atom stereocenters. The zero-order valence-electron chi connectivity index (χ0n) is 20.0. The summed E-state index contributed by atoms with van der Waals surface area (Å²) in [4.78, 5) is 13.3. The second kappa shape index (κ2) is 11.8. The van der Waals surface area contributed by atoms with Crippen molar-refractivity contribution in [1.29, 1.82) is 0 Å². The third-order valence-electron chi connectivity index (χ3n) is 5.37. The van der Waals surface area contributed by atoms with E-state index < -0.39 is 10.0 Å². The SMILES string of the molecule is CCOc1ccc(NS(=O)(=O)c2ccc(NC(=O)/C(=C/c3ccccc3Cl)c3ccccc3)cc2)cc1. The van der Waals surface area contributed by atoms with E-state index in [-0.39, 0.29) is 10.8 Å². The van der Waals surface area contributed by atoms with Crippen LogP contribution in [0, 0.1) is 0 Å². The van der Waals surface area contributed by atoms with Crippen LogP contribution in [0.15, 0.2) is 108 Å². The molecule has 6 nitrogen and oxygen atoms in total. The third-order valence-corrected chi connectivity index (χ3v) is 7.12. The van der Waals surface area contributed by atoms with Crippen LogP contribution in [0.1, 0.15) is 18.1 Å². The van der Waals surface area contributed by atoms with E-state index in [9.17, 15) is 13.2 Å². The van der Waals surface area contributed by atoms with Crippen LogP contribution >= 0.6 is 11.6 Å². The van der Waals surface area contributed by atoms with Gasteiger partial charge in [0.05, 0.1) is 11.5 Å². The summed E-state index contributed by atoms with van der Waals surface area (Å²) in [5.41, 5.74) is 2.71. The minimum absolute atomic E-state index is 0.0641. The minimum Gasteiger partial charge on any atom is -0.494 e. The fourth-order valence-electron chi connectivity index (χ4n) is 3.56. The molecule has 1 amide bonds. The third kappa shape index (κ3) is 6.78. The molecule has 0 fully saturated rings. The minimum atomic E-state index is -3.82. The summed E-state index contributed by atoms with van der Waals surface area (Å²) in [5, 5.41) is 3.37. The summed E-state index contributed by atoms with van der Waals surface area (Å²) in [5.74, 6) is 0.304. The molecule has 8 heteroatoms. The Kier molecular flexibility index (Phi) is 8.28. The van der Waals surface area contributed by atoms with Crippen LogP contribution in [0.2, 0.25) is 5.02 Å². The number of carbonyl (C=O) groups excluding carboxylic acids is 1. The second-order valence-corrected chi connectivity index (χ2v) is 10.1. The Morgan fingerprint density at radius 1 is 0.838 bits per heavy atom. The maximum absolute atomic E-state index is 13.3. The molecule has 0 aliphatic rings. The predicted octanol–water partition coefficient (Wildman–Crippen LogP) is 6.72.